The van der Waals surface area contributed by atoms with Crippen LogP contribution < -0.4 is 5.43 Å². The lowest BCUT2D eigenvalue weighted by Crippen LogP contribution is -2.52. The lowest BCUT2D eigenvalue weighted by atomic mass is 10.4. The maximum Gasteiger partial charge on any atom is 0.211 e. The first-order valence-electron chi connectivity index (χ1n) is 3.91. The average Bonchev–Trinajstić information content (AvgIpc) is 2.03. The van der Waals surface area contributed by atoms with Crippen molar-refractivity contribution in [3.05, 3.63) is 0 Å². The van der Waals surface area contributed by atoms with Gasteiger partial charge < -0.3 is 0 Å². The lowest BCUT2D eigenvalue weighted by Gasteiger charge is -2.32. The van der Waals surface area contributed by atoms with Gasteiger partial charge in [0.2, 0.25) is 10.0 Å². The van der Waals surface area contributed by atoms with Gasteiger partial charge in [0.1, 0.15) is 0 Å². The Morgan fingerprint density at radius 1 is 1.17 bits per heavy atom. The molecular formula is C6H15N3O2S. The summed E-state index contributed by atoms with van der Waals surface area (Å²) in [5.74, 6) is 0. The van der Waals surface area contributed by atoms with Gasteiger partial charge in [-0.3, -0.25) is 5.43 Å². The zero-order valence-electron chi connectivity index (χ0n) is 7.45. The molecule has 0 unspecified atom stereocenters. The van der Waals surface area contributed by atoms with E-state index in [2.05, 4.69) is 5.43 Å². The molecule has 0 bridgehead atoms. The van der Waals surface area contributed by atoms with Crippen molar-refractivity contribution in [2.75, 3.05) is 39.5 Å². The van der Waals surface area contributed by atoms with E-state index in [0.717, 1.165) is 13.1 Å². The predicted octanol–water partition coefficient (Wildman–Crippen LogP) is -1.30. The van der Waals surface area contributed by atoms with Gasteiger partial charge in [0.05, 0.1) is 6.26 Å². The minimum atomic E-state index is -2.98. The van der Waals surface area contributed by atoms with Gasteiger partial charge in [-0.05, 0) is 7.05 Å². The molecule has 1 aliphatic rings. The summed E-state index contributed by atoms with van der Waals surface area (Å²) in [6.45, 7) is 2.67. The highest BCUT2D eigenvalue weighted by molar-refractivity contribution is 7.88. The van der Waals surface area contributed by atoms with Gasteiger partial charge in [-0.25, -0.2) is 13.4 Å². The quantitative estimate of drug-likeness (QED) is 0.592. The molecule has 6 heteroatoms. The van der Waals surface area contributed by atoms with Gasteiger partial charge in [-0.2, -0.15) is 4.31 Å². The smallest absolute Gasteiger partial charge is 0.211 e. The Bertz CT molecular complexity index is 231. The second-order valence-electron chi connectivity index (χ2n) is 2.87. The topological polar surface area (TPSA) is 52.6 Å². The van der Waals surface area contributed by atoms with Gasteiger partial charge in [-0.1, -0.05) is 0 Å². The van der Waals surface area contributed by atoms with Crippen molar-refractivity contribution in [3.8, 4) is 0 Å². The molecule has 1 heterocycles. The fourth-order valence-electron chi connectivity index (χ4n) is 1.24. The van der Waals surface area contributed by atoms with E-state index >= 15 is 0 Å². The Morgan fingerprint density at radius 3 is 2.00 bits per heavy atom. The van der Waals surface area contributed by atoms with Crippen molar-refractivity contribution in [3.63, 3.8) is 0 Å². The first kappa shape index (κ1) is 9.91. The van der Waals surface area contributed by atoms with Crippen LogP contribution in [0.5, 0.6) is 0 Å². The number of hydrogen-bond acceptors (Lipinski definition) is 4. The van der Waals surface area contributed by atoms with Gasteiger partial charge in [0.15, 0.2) is 0 Å². The summed E-state index contributed by atoms with van der Waals surface area (Å²) in [6.07, 6.45) is 1.25. The second-order valence-corrected chi connectivity index (χ2v) is 4.86. The minimum Gasteiger partial charge on any atom is -0.258 e. The summed E-state index contributed by atoms with van der Waals surface area (Å²) in [6, 6.07) is 0. The molecule has 0 aromatic carbocycles. The van der Waals surface area contributed by atoms with Crippen molar-refractivity contribution in [1.82, 2.24) is 14.7 Å². The maximum absolute atomic E-state index is 11.1. The molecule has 72 valence electrons. The number of hydrazine groups is 1. The largest absolute Gasteiger partial charge is 0.258 e. The molecule has 0 amide bonds. The van der Waals surface area contributed by atoms with Crippen molar-refractivity contribution >= 4 is 10.0 Å². The van der Waals surface area contributed by atoms with E-state index in [9.17, 15) is 8.42 Å². The Morgan fingerprint density at radius 2 is 1.67 bits per heavy atom. The van der Waals surface area contributed by atoms with Crippen molar-refractivity contribution in [2.45, 2.75) is 0 Å². The fraction of sp³-hybridized carbons (Fsp3) is 1.00. The normalized spacial score (nSPS) is 22.8. The molecule has 0 saturated carbocycles. The number of rotatable bonds is 2. The molecule has 1 saturated heterocycles. The van der Waals surface area contributed by atoms with E-state index in [-0.39, 0.29) is 0 Å². The number of hydrogen-bond donors (Lipinski definition) is 1. The van der Waals surface area contributed by atoms with Gasteiger partial charge in [0, 0.05) is 26.2 Å². The molecule has 1 fully saturated rings. The van der Waals surface area contributed by atoms with E-state index in [1.165, 1.54) is 10.6 Å². The monoisotopic (exact) mass is 193 g/mol. The number of nitrogens with one attached hydrogen (secondary N) is 1. The highest BCUT2D eigenvalue weighted by atomic mass is 32.2. The van der Waals surface area contributed by atoms with Crippen LogP contribution in [0.2, 0.25) is 0 Å². The zero-order valence-corrected chi connectivity index (χ0v) is 8.26. The van der Waals surface area contributed by atoms with E-state index in [1.54, 1.807) is 0 Å². The van der Waals surface area contributed by atoms with Crippen molar-refractivity contribution in [1.29, 1.82) is 0 Å². The van der Waals surface area contributed by atoms with Gasteiger partial charge >= 0.3 is 0 Å². The van der Waals surface area contributed by atoms with Crippen LogP contribution in [0.3, 0.4) is 0 Å². The van der Waals surface area contributed by atoms with E-state index < -0.39 is 10.0 Å². The number of nitrogens with zero attached hydrogens (tertiary/aromatic N) is 2. The molecule has 0 spiro atoms. The van der Waals surface area contributed by atoms with Crippen LogP contribution in [-0.2, 0) is 10.0 Å². The summed E-state index contributed by atoms with van der Waals surface area (Å²) in [7, 11) is -1.14. The molecular weight excluding hydrogens is 178 g/mol. The van der Waals surface area contributed by atoms with Crippen LogP contribution in [0.4, 0.5) is 0 Å². The molecule has 1 aliphatic heterocycles. The Balaban J connectivity index is 2.47. The predicted molar refractivity (Wildman–Crippen MR) is 47.0 cm³/mol. The summed E-state index contributed by atoms with van der Waals surface area (Å²) >= 11 is 0. The summed E-state index contributed by atoms with van der Waals surface area (Å²) in [5, 5.41) is 2.00. The third-order valence-electron chi connectivity index (χ3n) is 2.02. The number of piperazine rings is 1. The minimum absolute atomic E-state index is 0.583. The molecule has 0 aromatic rings. The van der Waals surface area contributed by atoms with Crippen LogP contribution in [0.15, 0.2) is 0 Å². The van der Waals surface area contributed by atoms with E-state index in [0.29, 0.717) is 13.1 Å². The first-order valence-corrected chi connectivity index (χ1v) is 5.76. The molecule has 1 N–H and O–H groups in total. The standard InChI is InChI=1S/C6H15N3O2S/c1-7-8-3-5-9(6-4-8)12(2,10)11/h7H,3-6H2,1-2H3. The van der Waals surface area contributed by atoms with Crippen molar-refractivity contribution < 1.29 is 8.42 Å². The second kappa shape index (κ2) is 3.69. The van der Waals surface area contributed by atoms with Gasteiger partial charge in [0.25, 0.3) is 0 Å². The third-order valence-corrected chi connectivity index (χ3v) is 3.33. The molecule has 0 aliphatic carbocycles. The van der Waals surface area contributed by atoms with Crippen LogP contribution in [-0.4, -0.2) is 57.2 Å². The molecule has 0 atom stereocenters. The molecule has 0 radical (unpaired) electrons. The molecule has 1 rings (SSSR count). The molecule has 12 heavy (non-hydrogen) atoms. The van der Waals surface area contributed by atoms with E-state index in [4.69, 9.17) is 0 Å². The first-order chi connectivity index (χ1) is 5.54. The summed E-state index contributed by atoms with van der Waals surface area (Å²) in [4.78, 5) is 0. The Kier molecular flexibility index (Phi) is 3.05. The van der Waals surface area contributed by atoms with Crippen LogP contribution in [0, 0.1) is 0 Å². The third kappa shape index (κ3) is 2.41. The highest BCUT2D eigenvalue weighted by Gasteiger charge is 2.22. The van der Waals surface area contributed by atoms with Crippen LogP contribution in [0.25, 0.3) is 0 Å². The highest BCUT2D eigenvalue weighted by Crippen LogP contribution is 2.02. The van der Waals surface area contributed by atoms with Gasteiger partial charge in [-0.15, -0.1) is 0 Å². The molecule has 0 aromatic heterocycles. The zero-order chi connectivity index (χ0) is 9.19. The fourth-order valence-corrected chi connectivity index (χ4v) is 2.07. The maximum atomic E-state index is 11.1. The van der Waals surface area contributed by atoms with E-state index in [1.807, 2.05) is 12.1 Å². The molecule has 5 nitrogen and oxygen atoms in total. The summed E-state index contributed by atoms with van der Waals surface area (Å²) < 4.78 is 23.6. The summed E-state index contributed by atoms with van der Waals surface area (Å²) in [5.41, 5.74) is 2.99. The Labute approximate surface area is 73.4 Å². The Hall–Kier alpha value is -0.170. The lowest BCUT2D eigenvalue weighted by molar-refractivity contribution is 0.143. The van der Waals surface area contributed by atoms with Crippen molar-refractivity contribution in [2.24, 2.45) is 0 Å². The number of sulfonamides is 1. The SMILES string of the molecule is CNN1CCN(S(C)(=O)=O)CC1. The van der Waals surface area contributed by atoms with Crippen LogP contribution in [0.1, 0.15) is 0 Å². The van der Waals surface area contributed by atoms with Crippen LogP contribution >= 0.6 is 0 Å². The average molecular weight is 193 g/mol.